The van der Waals surface area contributed by atoms with Crippen molar-refractivity contribution in [1.82, 2.24) is 5.32 Å². The number of fused-ring (bicyclic) bond motifs is 1. The molecule has 0 bridgehead atoms. The van der Waals surface area contributed by atoms with Crippen molar-refractivity contribution < 1.29 is 0 Å². The molecule has 0 fully saturated rings. The first kappa shape index (κ1) is 31.1. The number of nitrogens with zero attached hydrogens (tertiary/aromatic N) is 2. The SMILES string of the molecule is C=C(N=C(NC(N)c1ccccc1)c1ccccc1)c1ccc(-c2ccc(-c3ccccc3-c3ccc(C#N)cc3)c3ccccc23)cc1. The van der Waals surface area contributed by atoms with Crippen LogP contribution in [0.25, 0.3) is 49.9 Å². The lowest BCUT2D eigenvalue weighted by Crippen LogP contribution is -2.34. The molecule has 1 unspecified atom stereocenters. The van der Waals surface area contributed by atoms with E-state index < -0.39 is 6.17 Å². The molecule has 7 aromatic rings. The number of rotatable bonds is 8. The highest BCUT2D eigenvalue weighted by atomic mass is 15.1. The second kappa shape index (κ2) is 14.1. The maximum atomic E-state index is 9.29. The summed E-state index contributed by atoms with van der Waals surface area (Å²) < 4.78 is 0. The number of nitriles is 1. The van der Waals surface area contributed by atoms with Crippen LogP contribution in [-0.2, 0) is 0 Å². The second-order valence-electron chi connectivity index (χ2n) is 11.8. The normalized spacial score (nSPS) is 11.9. The molecule has 0 aliphatic rings. The van der Waals surface area contributed by atoms with Gasteiger partial charge in [0, 0.05) is 5.56 Å². The van der Waals surface area contributed by atoms with E-state index >= 15 is 0 Å². The van der Waals surface area contributed by atoms with E-state index in [1.807, 2.05) is 84.9 Å². The Bertz CT molecular complexity index is 2320. The molecule has 0 radical (unpaired) electrons. The van der Waals surface area contributed by atoms with Crippen LogP contribution in [0.5, 0.6) is 0 Å². The maximum Gasteiger partial charge on any atom is 0.135 e. The Morgan fingerprint density at radius 2 is 1.08 bits per heavy atom. The molecule has 4 heteroatoms. The van der Waals surface area contributed by atoms with Gasteiger partial charge in [-0.3, -0.25) is 0 Å². The molecule has 234 valence electrons. The van der Waals surface area contributed by atoms with E-state index in [9.17, 15) is 5.26 Å². The van der Waals surface area contributed by atoms with E-state index in [4.69, 9.17) is 10.7 Å². The molecular formula is C45H34N4. The fourth-order valence-corrected chi connectivity index (χ4v) is 6.19. The first-order valence-electron chi connectivity index (χ1n) is 16.2. The van der Waals surface area contributed by atoms with Crippen LogP contribution in [0.15, 0.2) is 181 Å². The Morgan fingerprint density at radius 1 is 0.551 bits per heavy atom. The van der Waals surface area contributed by atoms with Gasteiger partial charge in [-0.1, -0.05) is 164 Å². The number of aliphatic imine (C=N–C) groups is 1. The first-order valence-corrected chi connectivity index (χ1v) is 16.2. The van der Waals surface area contributed by atoms with E-state index in [2.05, 4.69) is 103 Å². The number of benzene rings is 7. The van der Waals surface area contributed by atoms with Crippen molar-refractivity contribution in [2.24, 2.45) is 10.7 Å². The molecule has 0 heterocycles. The molecule has 0 amide bonds. The number of nitrogens with one attached hydrogen (secondary N) is 1. The molecule has 0 aromatic heterocycles. The lowest BCUT2D eigenvalue weighted by atomic mass is 9.88. The van der Waals surface area contributed by atoms with Crippen molar-refractivity contribution in [2.75, 3.05) is 0 Å². The van der Waals surface area contributed by atoms with Crippen LogP contribution in [0.2, 0.25) is 0 Å². The number of nitrogens with two attached hydrogens (primary N) is 1. The van der Waals surface area contributed by atoms with Gasteiger partial charge in [0.2, 0.25) is 0 Å². The third-order valence-electron chi connectivity index (χ3n) is 8.74. The quantitative estimate of drug-likeness (QED) is 0.0997. The third kappa shape index (κ3) is 6.66. The summed E-state index contributed by atoms with van der Waals surface area (Å²) in [5.41, 5.74) is 17.4. The van der Waals surface area contributed by atoms with Crippen molar-refractivity contribution >= 4 is 22.3 Å². The number of hydrogen-bond acceptors (Lipinski definition) is 3. The summed E-state index contributed by atoms with van der Waals surface area (Å²) in [6.07, 6.45) is -0.428. The minimum Gasteiger partial charge on any atom is -0.350 e. The summed E-state index contributed by atoms with van der Waals surface area (Å²) in [5.74, 6) is 0.661. The average molecular weight is 631 g/mol. The molecule has 0 saturated heterocycles. The highest BCUT2D eigenvalue weighted by molar-refractivity contribution is 6.07. The molecule has 49 heavy (non-hydrogen) atoms. The van der Waals surface area contributed by atoms with E-state index in [1.54, 1.807) is 0 Å². The van der Waals surface area contributed by atoms with Crippen LogP contribution >= 0.6 is 0 Å². The van der Waals surface area contributed by atoms with Crippen LogP contribution in [0.1, 0.15) is 28.4 Å². The van der Waals surface area contributed by atoms with Crippen molar-refractivity contribution in [3.63, 3.8) is 0 Å². The molecule has 0 spiro atoms. The van der Waals surface area contributed by atoms with E-state index in [0.29, 0.717) is 17.1 Å². The Hall–Kier alpha value is -6.54. The summed E-state index contributed by atoms with van der Waals surface area (Å²) in [6, 6.07) is 59.7. The van der Waals surface area contributed by atoms with Crippen LogP contribution < -0.4 is 11.1 Å². The lowest BCUT2D eigenvalue weighted by Gasteiger charge is -2.18. The third-order valence-corrected chi connectivity index (χ3v) is 8.74. The van der Waals surface area contributed by atoms with E-state index in [1.165, 1.54) is 10.8 Å². The molecule has 7 aromatic carbocycles. The van der Waals surface area contributed by atoms with Crippen LogP contribution in [0.4, 0.5) is 0 Å². The second-order valence-corrected chi connectivity index (χ2v) is 11.8. The Balaban J connectivity index is 1.21. The van der Waals surface area contributed by atoms with Gasteiger partial charge in [-0.15, -0.1) is 0 Å². The molecule has 0 aliphatic carbocycles. The highest BCUT2D eigenvalue weighted by Gasteiger charge is 2.15. The molecule has 3 N–H and O–H groups in total. The van der Waals surface area contributed by atoms with Crippen molar-refractivity contribution in [3.8, 4) is 39.4 Å². The summed E-state index contributed by atoms with van der Waals surface area (Å²) >= 11 is 0. The van der Waals surface area contributed by atoms with Crippen molar-refractivity contribution in [3.05, 3.63) is 199 Å². The summed E-state index contributed by atoms with van der Waals surface area (Å²) in [7, 11) is 0. The first-order chi connectivity index (χ1) is 24.1. The summed E-state index contributed by atoms with van der Waals surface area (Å²) in [6.45, 7) is 4.33. The van der Waals surface area contributed by atoms with Gasteiger partial charge in [0.25, 0.3) is 0 Å². The Labute approximate surface area is 287 Å². The monoisotopic (exact) mass is 630 g/mol. The average Bonchev–Trinajstić information content (AvgIpc) is 3.18. The molecular weight excluding hydrogens is 597 g/mol. The van der Waals surface area contributed by atoms with Gasteiger partial charge in [0.15, 0.2) is 0 Å². The molecule has 4 nitrogen and oxygen atoms in total. The van der Waals surface area contributed by atoms with Crippen LogP contribution in [-0.4, -0.2) is 5.84 Å². The molecule has 7 rings (SSSR count). The van der Waals surface area contributed by atoms with Gasteiger partial charge in [-0.2, -0.15) is 5.26 Å². The zero-order valence-corrected chi connectivity index (χ0v) is 26.9. The largest absolute Gasteiger partial charge is 0.350 e. The molecule has 0 saturated carbocycles. The van der Waals surface area contributed by atoms with Gasteiger partial charge in [-0.05, 0) is 67.4 Å². The van der Waals surface area contributed by atoms with Gasteiger partial charge in [0.1, 0.15) is 12.0 Å². The summed E-state index contributed by atoms with van der Waals surface area (Å²) in [5, 5.41) is 15.0. The van der Waals surface area contributed by atoms with Gasteiger partial charge < -0.3 is 11.1 Å². The van der Waals surface area contributed by atoms with Gasteiger partial charge in [-0.25, -0.2) is 4.99 Å². The van der Waals surface area contributed by atoms with Crippen LogP contribution in [0.3, 0.4) is 0 Å². The molecule has 0 aliphatic heterocycles. The van der Waals surface area contributed by atoms with E-state index in [-0.39, 0.29) is 0 Å². The van der Waals surface area contributed by atoms with Crippen LogP contribution in [0, 0.1) is 11.3 Å². The minimum atomic E-state index is -0.428. The zero-order valence-electron chi connectivity index (χ0n) is 26.9. The lowest BCUT2D eigenvalue weighted by molar-refractivity contribution is 0.682. The highest BCUT2D eigenvalue weighted by Crippen LogP contribution is 2.40. The predicted octanol–water partition coefficient (Wildman–Crippen LogP) is 10.4. The zero-order chi connectivity index (χ0) is 33.6. The number of hydrogen-bond donors (Lipinski definition) is 2. The molecule has 1 atom stereocenters. The van der Waals surface area contributed by atoms with E-state index in [0.717, 1.165) is 50.1 Å². The van der Waals surface area contributed by atoms with Gasteiger partial charge >= 0.3 is 0 Å². The predicted molar refractivity (Wildman–Crippen MR) is 203 cm³/mol. The summed E-state index contributed by atoms with van der Waals surface area (Å²) in [4.78, 5) is 4.94. The maximum absolute atomic E-state index is 9.29. The van der Waals surface area contributed by atoms with Crippen molar-refractivity contribution in [1.29, 1.82) is 5.26 Å². The van der Waals surface area contributed by atoms with Crippen molar-refractivity contribution in [2.45, 2.75) is 6.17 Å². The fraction of sp³-hybridized carbons (Fsp3) is 0.0222. The standard InChI is InChI=1S/C45H34N4/c1-31(48-45(37-14-6-3-7-15-37)49-44(47)36-12-4-2-5-13-36)33-24-26-35(27-25-33)39-28-29-43(42-19-11-10-18-41(39)42)40-17-9-8-16-38(40)34-22-20-32(30-46)21-23-34/h2-29,44H,1,47H2,(H,48,49). The number of amidine groups is 1. The topological polar surface area (TPSA) is 74.2 Å². The smallest absolute Gasteiger partial charge is 0.135 e. The Kier molecular flexibility index (Phi) is 8.92. The Morgan fingerprint density at radius 3 is 1.76 bits per heavy atom. The minimum absolute atomic E-state index is 0.428. The fourth-order valence-electron chi connectivity index (χ4n) is 6.19. The van der Waals surface area contributed by atoms with Gasteiger partial charge in [0.05, 0.1) is 17.3 Å².